The third-order valence-corrected chi connectivity index (χ3v) is 11.7. The molecule has 7 N–H and O–H groups in total. The van der Waals surface area contributed by atoms with Crippen LogP contribution in [0.5, 0.6) is 11.6 Å². The molecule has 5 heterocycles. The maximum atomic E-state index is 13.6. The molecule has 8 rings (SSSR count). The van der Waals surface area contributed by atoms with Gasteiger partial charge in [-0.15, -0.1) is 5.10 Å². The van der Waals surface area contributed by atoms with Gasteiger partial charge in [-0.3, -0.25) is 9.52 Å². The molecular weight excluding hydrogens is 626 g/mol. The van der Waals surface area contributed by atoms with Gasteiger partial charge in [-0.1, -0.05) is 0 Å². The molecule has 2 aliphatic heterocycles. The van der Waals surface area contributed by atoms with Gasteiger partial charge in [-0.2, -0.15) is 0 Å². The average molecular weight is 666 g/mol. The number of nitrogens with one attached hydrogen (secondary N) is 2. The fraction of sp³-hybridized carbons (Fsp3) is 0.562. The minimum Gasteiger partial charge on any atom is -0.504 e. The molecule has 3 aromatic heterocycles. The zero-order valence-corrected chi connectivity index (χ0v) is 27.0. The lowest BCUT2D eigenvalue weighted by atomic mass is 9.93. The number of ether oxygens (including phenoxy) is 1. The third-order valence-electron chi connectivity index (χ3n) is 11.0. The Labute approximate surface area is 275 Å². The van der Waals surface area contributed by atoms with Crippen LogP contribution in [0.4, 0.5) is 11.6 Å². The zero-order chi connectivity index (χ0) is 33.0. The van der Waals surface area contributed by atoms with E-state index in [2.05, 4.69) is 38.9 Å². The number of carbonyl (C=O) groups excluding carboxylic acids is 1. The normalized spacial score (nSPS) is 24.2. The first-order valence-electron chi connectivity index (χ1n) is 16.1. The van der Waals surface area contributed by atoms with Crippen LogP contribution >= 0.6 is 11.9 Å². The molecule has 3 aromatic rings. The fourth-order valence-electron chi connectivity index (χ4n) is 8.52. The van der Waals surface area contributed by atoms with Gasteiger partial charge in [0.15, 0.2) is 17.4 Å². The number of anilines is 2. The van der Waals surface area contributed by atoms with Crippen molar-refractivity contribution >= 4 is 29.5 Å². The van der Waals surface area contributed by atoms with Gasteiger partial charge in [-0.25, -0.2) is 14.6 Å². The summed E-state index contributed by atoms with van der Waals surface area (Å²) in [7, 11) is 0. The van der Waals surface area contributed by atoms with Crippen molar-refractivity contribution in [1.82, 2.24) is 24.5 Å². The van der Waals surface area contributed by atoms with Crippen molar-refractivity contribution in [3.05, 3.63) is 42.1 Å². The molecule has 1 unspecified atom stereocenters. The van der Waals surface area contributed by atoms with Crippen molar-refractivity contribution in [3.8, 4) is 17.4 Å². The van der Waals surface area contributed by atoms with Crippen LogP contribution in [0.3, 0.4) is 0 Å². The lowest BCUT2D eigenvalue weighted by molar-refractivity contribution is -0.442. The van der Waals surface area contributed by atoms with Crippen LogP contribution in [0.25, 0.3) is 5.82 Å². The highest BCUT2D eigenvalue weighted by Gasteiger charge is 2.93. The van der Waals surface area contributed by atoms with Gasteiger partial charge in [0.05, 0.1) is 5.56 Å². The Morgan fingerprint density at radius 3 is 2.49 bits per heavy atom. The van der Waals surface area contributed by atoms with E-state index in [-0.39, 0.29) is 33.9 Å². The maximum absolute atomic E-state index is 13.6. The second-order valence-corrected chi connectivity index (χ2v) is 15.3. The van der Waals surface area contributed by atoms with Gasteiger partial charge in [0.1, 0.15) is 10.8 Å². The Morgan fingerprint density at radius 2 is 1.77 bits per heavy atom. The second-order valence-electron chi connectivity index (χ2n) is 14.4. The number of hydrogen-bond acceptors (Lipinski definition) is 13. The van der Waals surface area contributed by atoms with Crippen LogP contribution in [-0.4, -0.2) is 81.6 Å². The topological polar surface area (TPSA) is 198 Å². The molecule has 5 aliphatic rings. The maximum Gasteiger partial charge on any atom is 0.380 e. The predicted octanol–water partition coefficient (Wildman–Crippen LogP) is 2.50. The van der Waals surface area contributed by atoms with E-state index in [4.69, 9.17) is 9.72 Å². The molecule has 1 saturated heterocycles. The van der Waals surface area contributed by atoms with Gasteiger partial charge in [-0.05, 0) is 99.8 Å². The van der Waals surface area contributed by atoms with Crippen LogP contribution in [-0.2, 0) is 0 Å². The van der Waals surface area contributed by atoms with E-state index in [0.29, 0.717) is 47.1 Å². The van der Waals surface area contributed by atoms with Crippen LogP contribution in [0, 0.1) is 22.7 Å². The summed E-state index contributed by atoms with van der Waals surface area (Å²) >= 11 is 1.04. The SMILES string of the molecule is CC1(C)CC2CCCNc3nc(ccc3O)SNC(=O)c3ccc(-n4ccc(OC(O)(O)C(O)(O)C5C6(CC6)C56CC6)n4)nc3N1C2. The van der Waals surface area contributed by atoms with Crippen molar-refractivity contribution in [3.63, 3.8) is 0 Å². The van der Waals surface area contributed by atoms with Crippen LogP contribution in [0.1, 0.15) is 69.2 Å². The molecule has 3 saturated carbocycles. The number of rotatable bonds is 5. The molecule has 2 spiro atoms. The first kappa shape index (κ1) is 30.7. The predicted molar refractivity (Wildman–Crippen MR) is 170 cm³/mol. The van der Waals surface area contributed by atoms with Gasteiger partial charge >= 0.3 is 5.97 Å². The van der Waals surface area contributed by atoms with E-state index >= 15 is 0 Å². The molecule has 0 aromatic carbocycles. The number of nitrogens with zero attached hydrogens (tertiary/aromatic N) is 5. The molecule has 47 heavy (non-hydrogen) atoms. The highest BCUT2D eigenvalue weighted by Crippen LogP contribution is 2.94. The summed E-state index contributed by atoms with van der Waals surface area (Å²) in [6.07, 6.45) is 7.55. The number of carbonyl (C=O) groups is 1. The number of aliphatic hydroxyl groups is 4. The number of aromatic nitrogens is 4. The molecule has 0 radical (unpaired) electrons. The number of fused-ring (bicyclic) bond motifs is 7. The fourth-order valence-corrected chi connectivity index (χ4v) is 9.10. The number of aromatic hydroxyl groups is 1. The van der Waals surface area contributed by atoms with Gasteiger partial charge < -0.3 is 40.5 Å². The van der Waals surface area contributed by atoms with Crippen LogP contribution < -0.4 is 19.7 Å². The van der Waals surface area contributed by atoms with E-state index in [1.165, 1.54) is 16.9 Å². The molecule has 1 atom stereocenters. The minimum atomic E-state index is -3.28. The molecule has 4 bridgehead atoms. The molecular formula is C32H39N7O7S. The molecule has 250 valence electrons. The Bertz CT molecular complexity index is 1730. The molecule has 3 aliphatic carbocycles. The van der Waals surface area contributed by atoms with E-state index in [1.54, 1.807) is 24.3 Å². The molecule has 4 fully saturated rings. The second kappa shape index (κ2) is 10.2. The molecule has 1 amide bonds. The van der Waals surface area contributed by atoms with E-state index in [1.807, 2.05) is 0 Å². The van der Waals surface area contributed by atoms with Crippen molar-refractivity contribution in [2.24, 2.45) is 22.7 Å². The first-order chi connectivity index (χ1) is 22.3. The van der Waals surface area contributed by atoms with Crippen molar-refractivity contribution < 1.29 is 35.1 Å². The third kappa shape index (κ3) is 4.85. The average Bonchev–Trinajstić information content (AvgIpc) is 3.97. The van der Waals surface area contributed by atoms with Crippen molar-refractivity contribution in [2.45, 2.75) is 81.1 Å². The molecule has 14 nitrogen and oxygen atoms in total. The Balaban J connectivity index is 1.08. The van der Waals surface area contributed by atoms with Crippen molar-refractivity contribution in [1.29, 1.82) is 0 Å². The Hall–Kier alpha value is -3.63. The van der Waals surface area contributed by atoms with Gasteiger partial charge in [0, 0.05) is 48.8 Å². The number of hydrogen-bond donors (Lipinski definition) is 7. The lowest BCUT2D eigenvalue weighted by Gasteiger charge is -2.34. The zero-order valence-electron chi connectivity index (χ0n) is 26.2. The smallest absolute Gasteiger partial charge is 0.380 e. The van der Waals surface area contributed by atoms with Crippen molar-refractivity contribution in [2.75, 3.05) is 23.3 Å². The summed E-state index contributed by atoms with van der Waals surface area (Å²) in [6.45, 7) is 5.57. The standard InChI is InChI=1S/C32H39N7O7S/c1-28(2)16-18-4-3-14-33-24-20(40)6-8-23(35-24)47-37-26(41)19-5-7-21(34-25(19)38(28)17-18)39-15-9-22(36-39)46-32(44,45)31(42,43)27-29(10-11-29)30(27)12-13-30/h5-9,15,18,27,40,42-45H,3-4,10-14,16-17H2,1-2H3,(H,33,35)(H,37,41). The highest BCUT2D eigenvalue weighted by atomic mass is 32.2. The highest BCUT2D eigenvalue weighted by molar-refractivity contribution is 7.97. The Kier molecular flexibility index (Phi) is 6.65. The lowest BCUT2D eigenvalue weighted by Crippen LogP contribution is -2.60. The van der Waals surface area contributed by atoms with E-state index < -0.39 is 17.7 Å². The number of amides is 1. The summed E-state index contributed by atoms with van der Waals surface area (Å²) in [5, 5.41) is 61.7. The first-order valence-corrected chi connectivity index (χ1v) is 16.9. The van der Waals surface area contributed by atoms with E-state index in [9.17, 15) is 30.3 Å². The quantitative estimate of drug-likeness (QED) is 0.155. The van der Waals surface area contributed by atoms with Gasteiger partial charge in [0.25, 0.3) is 11.7 Å². The van der Waals surface area contributed by atoms with Crippen LogP contribution in [0.15, 0.2) is 41.6 Å². The summed E-state index contributed by atoms with van der Waals surface area (Å²) in [6, 6.07) is 7.84. The van der Waals surface area contributed by atoms with E-state index in [0.717, 1.165) is 56.9 Å². The minimum absolute atomic E-state index is 0.0457. The van der Waals surface area contributed by atoms with Gasteiger partial charge in [0.2, 0.25) is 5.88 Å². The summed E-state index contributed by atoms with van der Waals surface area (Å²) in [4.78, 5) is 25.1. The summed E-state index contributed by atoms with van der Waals surface area (Å²) in [5.74, 6) is -5.86. The summed E-state index contributed by atoms with van der Waals surface area (Å²) in [5.41, 5.74) is -0.428. The monoisotopic (exact) mass is 665 g/mol. The Morgan fingerprint density at radius 1 is 1.02 bits per heavy atom. The van der Waals surface area contributed by atoms with Crippen LogP contribution in [0.2, 0.25) is 0 Å². The summed E-state index contributed by atoms with van der Waals surface area (Å²) < 4.78 is 9.55. The number of pyridine rings is 2. The largest absolute Gasteiger partial charge is 0.504 e. The molecule has 15 heteroatoms.